The van der Waals surface area contributed by atoms with Gasteiger partial charge in [-0.15, -0.1) is 0 Å². The van der Waals surface area contributed by atoms with E-state index in [2.05, 4.69) is 15.4 Å². The third kappa shape index (κ3) is 3.29. The Kier molecular flexibility index (Phi) is 3.90. The Morgan fingerprint density at radius 3 is 2.55 bits per heavy atom. The monoisotopic (exact) mass is 272 g/mol. The number of aryl methyl sites for hydroxylation is 1. The zero-order chi connectivity index (χ0) is 14.5. The van der Waals surface area contributed by atoms with E-state index in [1.165, 1.54) is 17.1 Å². The molecule has 1 heterocycles. The predicted octanol–water partition coefficient (Wildman–Crippen LogP) is 1.17. The Morgan fingerprint density at radius 1 is 1.30 bits per heavy atom. The molecule has 0 aliphatic rings. The highest BCUT2D eigenvalue weighted by Gasteiger charge is 2.08. The third-order valence-corrected chi connectivity index (χ3v) is 2.53. The van der Waals surface area contributed by atoms with Crippen molar-refractivity contribution in [1.82, 2.24) is 14.8 Å². The zero-order valence-corrected chi connectivity index (χ0v) is 10.6. The van der Waals surface area contributed by atoms with Crippen molar-refractivity contribution < 1.29 is 14.7 Å². The van der Waals surface area contributed by atoms with Crippen LogP contribution in [0.2, 0.25) is 0 Å². The summed E-state index contributed by atoms with van der Waals surface area (Å²) in [6.07, 6.45) is 3.83. The molecule has 7 nitrogen and oxygen atoms in total. The molecule has 0 saturated heterocycles. The minimum absolute atomic E-state index is 0.310. The first kappa shape index (κ1) is 13.5. The molecule has 0 aliphatic heterocycles. The Balaban J connectivity index is 2.08. The van der Waals surface area contributed by atoms with Crippen molar-refractivity contribution in [3.8, 4) is 0 Å². The quantitative estimate of drug-likeness (QED) is 0.814. The van der Waals surface area contributed by atoms with Crippen molar-refractivity contribution in [1.29, 1.82) is 0 Å². The zero-order valence-electron chi connectivity index (χ0n) is 10.6. The van der Waals surface area contributed by atoms with E-state index in [0.717, 1.165) is 6.08 Å². The summed E-state index contributed by atoms with van der Waals surface area (Å²) in [5, 5.41) is 15.0. The summed E-state index contributed by atoms with van der Waals surface area (Å²) >= 11 is 0. The molecule has 1 aromatic heterocycles. The highest BCUT2D eigenvalue weighted by Crippen LogP contribution is 2.08. The van der Waals surface area contributed by atoms with Crippen LogP contribution in [0, 0.1) is 0 Å². The number of aliphatic carboxylic acids is 1. The van der Waals surface area contributed by atoms with Crippen molar-refractivity contribution in [3.63, 3.8) is 0 Å². The molecule has 0 atom stereocenters. The number of benzene rings is 1. The highest BCUT2D eigenvalue weighted by molar-refractivity contribution is 6.03. The molecular formula is C13H12N4O3. The van der Waals surface area contributed by atoms with E-state index in [4.69, 9.17) is 5.11 Å². The van der Waals surface area contributed by atoms with Crippen LogP contribution in [0.1, 0.15) is 15.9 Å². The second-order valence-electron chi connectivity index (χ2n) is 3.95. The van der Waals surface area contributed by atoms with Gasteiger partial charge in [0.1, 0.15) is 6.33 Å². The van der Waals surface area contributed by atoms with E-state index < -0.39 is 5.97 Å². The molecule has 0 spiro atoms. The van der Waals surface area contributed by atoms with Gasteiger partial charge in [-0.2, -0.15) is 10.1 Å². The standard InChI is InChI=1S/C13H12N4O3/c1-17-13(14-8-15-17)16-12(20)10-5-2-9(3-6-10)4-7-11(18)19/h2-8H,1H3,(H,18,19)(H,14,15,16,20)/b7-4+. The molecule has 0 radical (unpaired) electrons. The molecule has 2 aromatic rings. The number of hydrogen-bond acceptors (Lipinski definition) is 4. The van der Waals surface area contributed by atoms with Gasteiger partial charge in [0.2, 0.25) is 5.95 Å². The fraction of sp³-hybridized carbons (Fsp3) is 0.0769. The number of carboxylic acid groups (broad SMARTS) is 1. The molecule has 0 aliphatic carbocycles. The fourth-order valence-corrected chi connectivity index (χ4v) is 1.50. The lowest BCUT2D eigenvalue weighted by Gasteiger charge is -2.04. The topological polar surface area (TPSA) is 97.1 Å². The second kappa shape index (κ2) is 5.79. The number of carbonyl (C=O) groups is 2. The van der Waals surface area contributed by atoms with E-state index in [-0.39, 0.29) is 5.91 Å². The minimum Gasteiger partial charge on any atom is -0.478 e. The van der Waals surface area contributed by atoms with Crippen LogP contribution in [0.25, 0.3) is 6.08 Å². The summed E-state index contributed by atoms with van der Waals surface area (Å²) in [6.45, 7) is 0. The molecule has 0 bridgehead atoms. The van der Waals surface area contributed by atoms with Crippen LogP contribution in [0.15, 0.2) is 36.7 Å². The molecule has 2 rings (SSSR count). The molecular weight excluding hydrogens is 260 g/mol. The summed E-state index contributed by atoms with van der Waals surface area (Å²) in [6, 6.07) is 6.52. The Hall–Kier alpha value is -2.96. The molecule has 20 heavy (non-hydrogen) atoms. The number of rotatable bonds is 4. The molecule has 0 saturated carbocycles. The first-order valence-electron chi connectivity index (χ1n) is 5.72. The van der Waals surface area contributed by atoms with Crippen molar-refractivity contribution in [2.45, 2.75) is 0 Å². The van der Waals surface area contributed by atoms with Crippen LogP contribution in [-0.4, -0.2) is 31.7 Å². The summed E-state index contributed by atoms with van der Waals surface area (Å²) in [5.41, 5.74) is 1.14. The van der Waals surface area contributed by atoms with Gasteiger partial charge in [-0.25, -0.2) is 9.48 Å². The van der Waals surface area contributed by atoms with Gasteiger partial charge in [0.15, 0.2) is 0 Å². The average molecular weight is 272 g/mol. The van der Waals surface area contributed by atoms with Gasteiger partial charge in [-0.1, -0.05) is 12.1 Å². The number of anilines is 1. The molecule has 1 aromatic carbocycles. The van der Waals surface area contributed by atoms with Gasteiger partial charge < -0.3 is 5.11 Å². The fourth-order valence-electron chi connectivity index (χ4n) is 1.50. The lowest BCUT2D eigenvalue weighted by atomic mass is 10.1. The van der Waals surface area contributed by atoms with Gasteiger partial charge in [0, 0.05) is 18.7 Å². The maximum atomic E-state index is 11.9. The summed E-state index contributed by atoms with van der Waals surface area (Å²) in [7, 11) is 1.67. The van der Waals surface area contributed by atoms with Crippen LogP contribution in [0.5, 0.6) is 0 Å². The molecule has 1 amide bonds. The predicted molar refractivity (Wildman–Crippen MR) is 72.1 cm³/mol. The Morgan fingerprint density at radius 2 is 2.00 bits per heavy atom. The number of amides is 1. The van der Waals surface area contributed by atoms with Crippen molar-refractivity contribution in [3.05, 3.63) is 47.8 Å². The van der Waals surface area contributed by atoms with Crippen LogP contribution >= 0.6 is 0 Å². The number of hydrogen-bond donors (Lipinski definition) is 2. The lowest BCUT2D eigenvalue weighted by Crippen LogP contribution is -2.15. The molecule has 102 valence electrons. The normalized spacial score (nSPS) is 10.7. The maximum Gasteiger partial charge on any atom is 0.328 e. The number of carboxylic acids is 1. The number of aromatic nitrogens is 3. The molecule has 2 N–H and O–H groups in total. The molecule has 7 heteroatoms. The van der Waals surface area contributed by atoms with Crippen molar-refractivity contribution in [2.75, 3.05) is 5.32 Å². The van der Waals surface area contributed by atoms with E-state index in [1.54, 1.807) is 31.3 Å². The van der Waals surface area contributed by atoms with E-state index in [1.807, 2.05) is 0 Å². The Bertz CT molecular complexity index is 659. The largest absolute Gasteiger partial charge is 0.478 e. The van der Waals surface area contributed by atoms with Gasteiger partial charge in [0.05, 0.1) is 0 Å². The van der Waals surface area contributed by atoms with Crippen molar-refractivity contribution >= 4 is 23.9 Å². The van der Waals surface area contributed by atoms with Crippen LogP contribution < -0.4 is 5.32 Å². The summed E-state index contributed by atoms with van der Waals surface area (Å²) < 4.78 is 1.45. The van der Waals surface area contributed by atoms with Gasteiger partial charge in [-0.3, -0.25) is 10.1 Å². The van der Waals surface area contributed by atoms with Gasteiger partial charge in [0.25, 0.3) is 5.91 Å². The van der Waals surface area contributed by atoms with E-state index >= 15 is 0 Å². The number of carbonyl (C=O) groups excluding carboxylic acids is 1. The Labute approximate surface area is 114 Å². The van der Waals surface area contributed by atoms with Gasteiger partial charge in [-0.05, 0) is 23.8 Å². The van der Waals surface area contributed by atoms with Crippen LogP contribution in [0.4, 0.5) is 5.95 Å². The maximum absolute atomic E-state index is 11.9. The third-order valence-electron chi connectivity index (χ3n) is 2.53. The van der Waals surface area contributed by atoms with E-state index in [9.17, 15) is 9.59 Å². The lowest BCUT2D eigenvalue weighted by molar-refractivity contribution is -0.131. The number of nitrogens with one attached hydrogen (secondary N) is 1. The van der Waals surface area contributed by atoms with Crippen LogP contribution in [0.3, 0.4) is 0 Å². The minimum atomic E-state index is -1.02. The molecule has 0 fully saturated rings. The highest BCUT2D eigenvalue weighted by atomic mass is 16.4. The first-order chi connectivity index (χ1) is 9.56. The average Bonchev–Trinajstić information content (AvgIpc) is 2.82. The van der Waals surface area contributed by atoms with Crippen molar-refractivity contribution in [2.24, 2.45) is 7.05 Å². The first-order valence-corrected chi connectivity index (χ1v) is 5.72. The molecule has 0 unspecified atom stereocenters. The van der Waals surface area contributed by atoms with Gasteiger partial charge >= 0.3 is 5.97 Å². The second-order valence-corrected chi connectivity index (χ2v) is 3.95. The smallest absolute Gasteiger partial charge is 0.328 e. The number of nitrogens with zero attached hydrogens (tertiary/aromatic N) is 3. The van der Waals surface area contributed by atoms with E-state index in [0.29, 0.717) is 17.1 Å². The van der Waals surface area contributed by atoms with Crippen LogP contribution in [-0.2, 0) is 11.8 Å². The summed E-state index contributed by atoms with van der Waals surface area (Å²) in [5.74, 6) is -0.978. The summed E-state index contributed by atoms with van der Waals surface area (Å²) in [4.78, 5) is 26.2. The SMILES string of the molecule is Cn1ncnc1NC(=O)c1ccc(/C=C/C(=O)O)cc1.